The Morgan fingerprint density at radius 1 is 1.17 bits per heavy atom. The molecular formula is C19H26N2O3. The molecule has 5 heteroatoms. The monoisotopic (exact) mass is 330 g/mol. The first-order valence-corrected chi connectivity index (χ1v) is 8.65. The van der Waals surface area contributed by atoms with Crippen molar-refractivity contribution in [3.8, 4) is 0 Å². The first kappa shape index (κ1) is 16.8. The van der Waals surface area contributed by atoms with Crippen molar-refractivity contribution in [1.29, 1.82) is 0 Å². The summed E-state index contributed by atoms with van der Waals surface area (Å²) in [7, 11) is 0. The zero-order chi connectivity index (χ0) is 17.5. The van der Waals surface area contributed by atoms with Crippen molar-refractivity contribution in [2.45, 2.75) is 70.1 Å². The molecule has 24 heavy (non-hydrogen) atoms. The molecule has 0 radical (unpaired) electrons. The van der Waals surface area contributed by atoms with E-state index in [1.165, 1.54) is 0 Å². The minimum atomic E-state index is -0.469. The lowest BCUT2D eigenvalue weighted by atomic mass is 9.84. The smallest absolute Gasteiger partial charge is 0.410 e. The summed E-state index contributed by atoms with van der Waals surface area (Å²) >= 11 is 0. The molecule has 2 bridgehead atoms. The van der Waals surface area contributed by atoms with Gasteiger partial charge in [0, 0.05) is 17.6 Å². The Balaban J connectivity index is 1.74. The van der Waals surface area contributed by atoms with Gasteiger partial charge in [-0.05, 0) is 70.1 Å². The summed E-state index contributed by atoms with van der Waals surface area (Å²) in [6.07, 6.45) is 3.68. The number of carbonyl (C=O) groups excluding carboxylic acids is 2. The summed E-state index contributed by atoms with van der Waals surface area (Å²) < 4.78 is 5.58. The summed E-state index contributed by atoms with van der Waals surface area (Å²) in [6.45, 7) is 5.69. The van der Waals surface area contributed by atoms with E-state index in [9.17, 15) is 9.59 Å². The number of amides is 2. The highest BCUT2D eigenvalue weighted by atomic mass is 16.6. The van der Waals surface area contributed by atoms with Crippen molar-refractivity contribution in [2.24, 2.45) is 5.73 Å². The Kier molecular flexibility index (Phi) is 4.28. The third-order valence-electron chi connectivity index (χ3n) is 4.98. The highest BCUT2D eigenvalue weighted by Crippen LogP contribution is 2.43. The van der Waals surface area contributed by atoms with Crippen LogP contribution in [0.5, 0.6) is 0 Å². The van der Waals surface area contributed by atoms with Gasteiger partial charge in [-0.25, -0.2) is 4.79 Å². The van der Waals surface area contributed by atoms with Gasteiger partial charge in [-0.15, -0.1) is 0 Å². The number of piperidine rings is 1. The maximum absolute atomic E-state index is 12.5. The largest absolute Gasteiger partial charge is 0.444 e. The quantitative estimate of drug-likeness (QED) is 0.903. The van der Waals surface area contributed by atoms with Crippen LogP contribution in [-0.2, 0) is 4.74 Å². The molecule has 2 aliphatic heterocycles. The van der Waals surface area contributed by atoms with E-state index in [0.717, 1.165) is 31.2 Å². The van der Waals surface area contributed by atoms with Crippen molar-refractivity contribution >= 4 is 12.0 Å². The highest BCUT2D eigenvalue weighted by molar-refractivity contribution is 5.92. The maximum atomic E-state index is 12.5. The molecule has 2 amide bonds. The van der Waals surface area contributed by atoms with Crippen LogP contribution in [0.3, 0.4) is 0 Å². The number of primary amides is 1. The zero-order valence-electron chi connectivity index (χ0n) is 14.6. The number of fused-ring (bicyclic) bond motifs is 2. The predicted octanol–water partition coefficient (Wildman–Crippen LogP) is 3.43. The van der Waals surface area contributed by atoms with Gasteiger partial charge in [-0.3, -0.25) is 4.79 Å². The van der Waals surface area contributed by atoms with Gasteiger partial charge in [-0.1, -0.05) is 12.1 Å². The van der Waals surface area contributed by atoms with Crippen LogP contribution in [0.1, 0.15) is 68.3 Å². The van der Waals surface area contributed by atoms with Gasteiger partial charge in [0.25, 0.3) is 0 Å². The predicted molar refractivity (Wildman–Crippen MR) is 91.8 cm³/mol. The molecule has 2 aliphatic rings. The zero-order valence-corrected chi connectivity index (χ0v) is 14.6. The van der Waals surface area contributed by atoms with Crippen LogP contribution in [0.25, 0.3) is 0 Å². The molecule has 2 unspecified atom stereocenters. The number of hydrogen-bond donors (Lipinski definition) is 1. The second kappa shape index (κ2) is 6.11. The second-order valence-electron chi connectivity index (χ2n) is 7.93. The van der Waals surface area contributed by atoms with Crippen LogP contribution in [-0.4, -0.2) is 34.6 Å². The van der Waals surface area contributed by atoms with Crippen LogP contribution >= 0.6 is 0 Å². The van der Waals surface area contributed by atoms with E-state index in [1.54, 1.807) is 6.07 Å². The number of benzene rings is 1. The number of nitrogens with zero attached hydrogens (tertiary/aromatic N) is 1. The highest BCUT2D eigenvalue weighted by Gasteiger charge is 2.45. The van der Waals surface area contributed by atoms with Crippen molar-refractivity contribution in [1.82, 2.24) is 4.90 Å². The van der Waals surface area contributed by atoms with E-state index >= 15 is 0 Å². The van der Waals surface area contributed by atoms with Crippen LogP contribution in [0.4, 0.5) is 4.79 Å². The molecule has 130 valence electrons. The Labute approximate surface area is 143 Å². The number of ether oxygens (including phenoxy) is 1. The minimum Gasteiger partial charge on any atom is -0.444 e. The molecule has 0 aromatic heterocycles. The van der Waals surface area contributed by atoms with Gasteiger partial charge in [0.05, 0.1) is 0 Å². The molecule has 2 fully saturated rings. The van der Waals surface area contributed by atoms with Crippen LogP contribution in [0.15, 0.2) is 24.3 Å². The second-order valence-corrected chi connectivity index (χ2v) is 7.93. The maximum Gasteiger partial charge on any atom is 0.410 e. The SMILES string of the molecule is CC(C)(C)OC(=O)N1C2CCC1CC(c1cccc(C(N)=O)c1)C2. The van der Waals surface area contributed by atoms with Gasteiger partial charge in [0.2, 0.25) is 5.91 Å². The topological polar surface area (TPSA) is 72.6 Å². The standard InChI is InChI=1S/C19H26N2O3/c1-19(2,3)24-18(23)21-15-7-8-16(21)11-14(10-15)12-5-4-6-13(9-12)17(20)22/h4-6,9,14-16H,7-8,10-11H2,1-3H3,(H2,20,22). The van der Waals surface area contributed by atoms with Crippen molar-refractivity contribution < 1.29 is 14.3 Å². The van der Waals surface area contributed by atoms with Gasteiger partial charge < -0.3 is 15.4 Å². The molecule has 5 nitrogen and oxygen atoms in total. The molecule has 1 aromatic rings. The molecule has 2 heterocycles. The van der Waals surface area contributed by atoms with E-state index in [-0.39, 0.29) is 18.2 Å². The lowest BCUT2D eigenvalue weighted by molar-refractivity contribution is 0.00584. The molecule has 0 spiro atoms. The van der Waals surface area contributed by atoms with E-state index in [1.807, 2.05) is 37.8 Å². The first-order valence-electron chi connectivity index (χ1n) is 8.65. The van der Waals surface area contributed by atoms with Crippen molar-refractivity contribution in [3.63, 3.8) is 0 Å². The normalized spacial score (nSPS) is 26.3. The van der Waals surface area contributed by atoms with Crippen LogP contribution < -0.4 is 5.73 Å². The first-order chi connectivity index (χ1) is 11.2. The summed E-state index contributed by atoms with van der Waals surface area (Å²) in [6, 6.07) is 8.03. The van der Waals surface area contributed by atoms with Gasteiger partial charge >= 0.3 is 6.09 Å². The van der Waals surface area contributed by atoms with E-state index in [2.05, 4.69) is 6.07 Å². The summed E-state index contributed by atoms with van der Waals surface area (Å²) in [5.74, 6) is -0.0356. The van der Waals surface area contributed by atoms with E-state index in [4.69, 9.17) is 10.5 Å². The number of hydrogen-bond acceptors (Lipinski definition) is 3. The van der Waals surface area contributed by atoms with Crippen LogP contribution in [0.2, 0.25) is 0 Å². The molecular weight excluding hydrogens is 304 g/mol. The fraction of sp³-hybridized carbons (Fsp3) is 0.579. The molecule has 0 saturated carbocycles. The number of rotatable bonds is 2. The molecule has 0 aliphatic carbocycles. The molecule has 2 saturated heterocycles. The summed E-state index contributed by atoms with van der Waals surface area (Å²) in [4.78, 5) is 25.9. The fourth-order valence-corrected chi connectivity index (χ4v) is 4.01. The Morgan fingerprint density at radius 3 is 2.33 bits per heavy atom. The molecule has 1 aromatic carbocycles. The molecule has 3 rings (SSSR count). The summed E-state index contributed by atoms with van der Waals surface area (Å²) in [5, 5.41) is 0. The lowest BCUT2D eigenvalue weighted by Gasteiger charge is -2.39. The third kappa shape index (κ3) is 3.40. The fourth-order valence-electron chi connectivity index (χ4n) is 4.01. The van der Waals surface area contributed by atoms with E-state index < -0.39 is 11.5 Å². The van der Waals surface area contributed by atoms with Crippen molar-refractivity contribution in [3.05, 3.63) is 35.4 Å². The Morgan fingerprint density at radius 2 is 1.79 bits per heavy atom. The lowest BCUT2D eigenvalue weighted by Crippen LogP contribution is -2.48. The van der Waals surface area contributed by atoms with Gasteiger partial charge in [0.1, 0.15) is 5.60 Å². The Bertz CT molecular complexity index is 636. The number of carbonyl (C=O) groups is 2. The Hall–Kier alpha value is -2.04. The van der Waals surface area contributed by atoms with E-state index in [0.29, 0.717) is 11.5 Å². The average Bonchev–Trinajstić information content (AvgIpc) is 2.76. The average molecular weight is 330 g/mol. The molecule has 2 N–H and O–H groups in total. The minimum absolute atomic E-state index is 0.195. The van der Waals surface area contributed by atoms with Crippen molar-refractivity contribution in [2.75, 3.05) is 0 Å². The van der Waals surface area contributed by atoms with Gasteiger partial charge in [-0.2, -0.15) is 0 Å². The third-order valence-corrected chi connectivity index (χ3v) is 4.98. The van der Waals surface area contributed by atoms with Crippen LogP contribution in [0, 0.1) is 0 Å². The number of nitrogens with two attached hydrogens (primary N) is 1. The summed E-state index contributed by atoms with van der Waals surface area (Å²) in [5.41, 5.74) is 6.62. The molecule has 2 atom stereocenters. The van der Waals surface area contributed by atoms with Gasteiger partial charge in [0.15, 0.2) is 0 Å².